The van der Waals surface area contributed by atoms with E-state index in [0.717, 1.165) is 31.7 Å². The quantitative estimate of drug-likeness (QED) is 0.864. The van der Waals surface area contributed by atoms with Crippen molar-refractivity contribution in [3.05, 3.63) is 28.3 Å². The van der Waals surface area contributed by atoms with Crippen molar-refractivity contribution >= 4 is 17.2 Å². The molecule has 0 saturated heterocycles. The van der Waals surface area contributed by atoms with Gasteiger partial charge in [0.25, 0.3) is 0 Å². The lowest BCUT2D eigenvalue weighted by molar-refractivity contribution is 0.313. The second kappa shape index (κ2) is 5.97. The smallest absolute Gasteiger partial charge is 0.145 e. The molecular weight excluding hydrogens is 246 g/mol. The van der Waals surface area contributed by atoms with E-state index >= 15 is 0 Å². The summed E-state index contributed by atoms with van der Waals surface area (Å²) < 4.78 is 1.89. The van der Waals surface area contributed by atoms with Crippen molar-refractivity contribution in [1.82, 2.24) is 19.7 Å². The number of hydrogen-bond acceptors (Lipinski definition) is 5. The monoisotopic (exact) mass is 265 g/mol. The molecule has 2 heterocycles. The third-order valence-electron chi connectivity index (χ3n) is 2.85. The maximum absolute atomic E-state index is 5.57. The van der Waals surface area contributed by atoms with Crippen LogP contribution in [-0.2, 0) is 13.1 Å². The zero-order chi connectivity index (χ0) is 13.0. The van der Waals surface area contributed by atoms with Crippen molar-refractivity contribution in [2.45, 2.75) is 26.4 Å². The number of nitrogen functional groups attached to an aromatic ring is 1. The fraction of sp³-hybridized carbons (Fsp3) is 0.500. The largest absolute Gasteiger partial charge is 0.382 e. The van der Waals surface area contributed by atoms with E-state index in [1.807, 2.05) is 22.5 Å². The zero-order valence-electron chi connectivity index (χ0n) is 10.8. The van der Waals surface area contributed by atoms with Crippen LogP contribution in [0.5, 0.6) is 0 Å². The molecule has 98 valence electrons. The van der Waals surface area contributed by atoms with Crippen LogP contribution in [0.4, 0.5) is 5.82 Å². The van der Waals surface area contributed by atoms with Gasteiger partial charge in [-0.3, -0.25) is 4.68 Å². The molecule has 0 saturated carbocycles. The van der Waals surface area contributed by atoms with E-state index in [2.05, 4.69) is 29.0 Å². The van der Waals surface area contributed by atoms with Crippen LogP contribution in [0.1, 0.15) is 17.0 Å². The van der Waals surface area contributed by atoms with Crippen molar-refractivity contribution in [2.24, 2.45) is 0 Å². The number of aryl methyl sites for hydroxylation is 2. The molecule has 0 amide bonds. The van der Waals surface area contributed by atoms with Crippen molar-refractivity contribution in [3.8, 4) is 0 Å². The van der Waals surface area contributed by atoms with Crippen molar-refractivity contribution in [3.63, 3.8) is 0 Å². The summed E-state index contributed by atoms with van der Waals surface area (Å²) in [5.74, 6) is 0.587. The Morgan fingerprint density at radius 3 is 2.94 bits per heavy atom. The van der Waals surface area contributed by atoms with Crippen molar-refractivity contribution in [2.75, 3.05) is 19.3 Å². The molecule has 2 rings (SSSR count). The van der Waals surface area contributed by atoms with Crippen LogP contribution in [0.3, 0.4) is 0 Å². The highest BCUT2D eigenvalue weighted by Crippen LogP contribution is 2.14. The highest BCUT2D eigenvalue weighted by molar-refractivity contribution is 7.09. The zero-order valence-corrected chi connectivity index (χ0v) is 11.7. The number of nitrogens with zero attached hydrogens (tertiary/aromatic N) is 4. The van der Waals surface area contributed by atoms with E-state index in [1.54, 1.807) is 11.3 Å². The number of anilines is 1. The van der Waals surface area contributed by atoms with Gasteiger partial charge in [-0.15, -0.1) is 11.3 Å². The minimum Gasteiger partial charge on any atom is -0.382 e. The van der Waals surface area contributed by atoms with Crippen molar-refractivity contribution in [1.29, 1.82) is 0 Å². The minimum absolute atomic E-state index is 0.587. The number of nitrogens with two attached hydrogens (primary N) is 1. The predicted molar refractivity (Wildman–Crippen MR) is 74.4 cm³/mol. The molecule has 0 spiro atoms. The number of aromatic nitrogens is 3. The Morgan fingerprint density at radius 1 is 1.50 bits per heavy atom. The molecule has 0 aromatic carbocycles. The molecule has 0 aliphatic heterocycles. The van der Waals surface area contributed by atoms with Crippen LogP contribution in [0.15, 0.2) is 17.8 Å². The first-order valence-corrected chi connectivity index (χ1v) is 6.89. The summed E-state index contributed by atoms with van der Waals surface area (Å²) in [5.41, 5.74) is 8.62. The van der Waals surface area contributed by atoms with E-state index in [1.165, 1.54) is 4.88 Å². The van der Waals surface area contributed by atoms with Gasteiger partial charge in [-0.1, -0.05) is 0 Å². The molecule has 2 N–H and O–H groups in total. The first kappa shape index (κ1) is 13.0. The lowest BCUT2D eigenvalue weighted by atomic mass is 10.3. The van der Waals surface area contributed by atoms with E-state index in [9.17, 15) is 0 Å². The second-order valence-corrected chi connectivity index (χ2v) is 5.40. The van der Waals surface area contributed by atoms with E-state index in [0.29, 0.717) is 5.82 Å². The molecule has 0 unspecified atom stereocenters. The van der Waals surface area contributed by atoms with E-state index in [4.69, 9.17) is 5.73 Å². The summed E-state index contributed by atoms with van der Waals surface area (Å²) >= 11 is 1.72. The molecule has 0 atom stereocenters. The minimum atomic E-state index is 0.587. The van der Waals surface area contributed by atoms with Crippen LogP contribution < -0.4 is 5.73 Å². The van der Waals surface area contributed by atoms with Gasteiger partial charge >= 0.3 is 0 Å². The lowest BCUT2D eigenvalue weighted by Gasteiger charge is -2.15. The summed E-state index contributed by atoms with van der Waals surface area (Å²) in [6.07, 6.45) is 2.98. The summed E-state index contributed by atoms with van der Waals surface area (Å²) in [6, 6.07) is 1.82. The highest BCUT2D eigenvalue weighted by atomic mass is 32.1. The van der Waals surface area contributed by atoms with Crippen LogP contribution in [0.2, 0.25) is 0 Å². The summed E-state index contributed by atoms with van der Waals surface area (Å²) in [5, 5.41) is 4.17. The van der Waals surface area contributed by atoms with Gasteiger partial charge in [-0.25, -0.2) is 4.98 Å². The third kappa shape index (κ3) is 3.54. The molecule has 0 fully saturated rings. The number of hydrogen-bond donors (Lipinski definition) is 1. The summed E-state index contributed by atoms with van der Waals surface area (Å²) in [4.78, 5) is 7.93. The second-order valence-electron chi connectivity index (χ2n) is 4.46. The average Bonchev–Trinajstić information content (AvgIpc) is 2.89. The van der Waals surface area contributed by atoms with E-state index in [-0.39, 0.29) is 0 Å². The van der Waals surface area contributed by atoms with Gasteiger partial charge in [0, 0.05) is 24.2 Å². The Morgan fingerprint density at radius 2 is 2.33 bits per heavy atom. The van der Waals surface area contributed by atoms with Gasteiger partial charge < -0.3 is 10.6 Å². The number of rotatable bonds is 6. The summed E-state index contributed by atoms with van der Waals surface area (Å²) in [6.45, 7) is 4.98. The normalized spacial score (nSPS) is 11.3. The van der Waals surface area contributed by atoms with Crippen molar-refractivity contribution < 1.29 is 0 Å². The first-order chi connectivity index (χ1) is 8.65. The van der Waals surface area contributed by atoms with Gasteiger partial charge in [-0.05, 0) is 33.0 Å². The van der Waals surface area contributed by atoms with Crippen LogP contribution in [-0.4, -0.2) is 33.3 Å². The Labute approximate surface area is 111 Å². The first-order valence-electron chi connectivity index (χ1n) is 6.01. The molecule has 2 aromatic rings. The topological polar surface area (TPSA) is 60.0 Å². The summed E-state index contributed by atoms with van der Waals surface area (Å²) in [7, 11) is 2.14. The molecule has 0 aliphatic carbocycles. The fourth-order valence-corrected chi connectivity index (χ4v) is 2.66. The molecule has 18 heavy (non-hydrogen) atoms. The highest BCUT2D eigenvalue weighted by Gasteiger charge is 2.05. The Kier molecular flexibility index (Phi) is 4.33. The fourth-order valence-electron chi connectivity index (χ4n) is 1.81. The Hall–Kier alpha value is -1.40. The van der Waals surface area contributed by atoms with Gasteiger partial charge in [0.05, 0.1) is 11.2 Å². The SMILES string of the molecule is Cc1ncsc1CN(C)CCCn1ccc(N)n1. The molecule has 5 nitrogen and oxygen atoms in total. The average molecular weight is 265 g/mol. The molecule has 0 aliphatic rings. The number of thiazole rings is 1. The van der Waals surface area contributed by atoms with Gasteiger partial charge in [0.2, 0.25) is 0 Å². The third-order valence-corrected chi connectivity index (χ3v) is 3.77. The Balaban J connectivity index is 1.72. The molecule has 0 bridgehead atoms. The van der Waals surface area contributed by atoms with E-state index < -0.39 is 0 Å². The Bertz CT molecular complexity index is 490. The maximum atomic E-state index is 5.57. The van der Waals surface area contributed by atoms with Crippen LogP contribution in [0.25, 0.3) is 0 Å². The molecule has 6 heteroatoms. The molecule has 2 aromatic heterocycles. The van der Waals surface area contributed by atoms with Crippen LogP contribution >= 0.6 is 11.3 Å². The standard InChI is InChI=1S/C12H19N5S/c1-10-11(18-9-14-10)8-16(2)5-3-6-17-7-4-12(13)15-17/h4,7,9H,3,5-6,8H2,1-2H3,(H2,13,15). The maximum Gasteiger partial charge on any atom is 0.145 e. The molecule has 0 radical (unpaired) electrons. The predicted octanol–water partition coefficient (Wildman–Crippen LogP) is 1.75. The van der Waals surface area contributed by atoms with Gasteiger partial charge in [0.15, 0.2) is 0 Å². The van der Waals surface area contributed by atoms with Gasteiger partial charge in [-0.2, -0.15) is 5.10 Å². The van der Waals surface area contributed by atoms with Crippen LogP contribution in [0, 0.1) is 6.92 Å². The lowest BCUT2D eigenvalue weighted by Crippen LogP contribution is -2.20. The van der Waals surface area contributed by atoms with Gasteiger partial charge in [0.1, 0.15) is 5.82 Å². The molecular formula is C12H19N5S.